The number of aromatic amines is 1. The van der Waals surface area contributed by atoms with E-state index in [1.54, 1.807) is 24.5 Å². The molecule has 1 aromatic heterocycles. The average molecular weight is 275 g/mol. The van der Waals surface area contributed by atoms with Gasteiger partial charge in [0.05, 0.1) is 26.0 Å². The monoisotopic (exact) mass is 275 g/mol. The summed E-state index contributed by atoms with van der Waals surface area (Å²) < 4.78 is 5.06. The van der Waals surface area contributed by atoms with Crippen LogP contribution in [0.3, 0.4) is 0 Å². The number of aromatic nitrogens is 2. The summed E-state index contributed by atoms with van der Waals surface area (Å²) in [5, 5.41) is 17.9. The summed E-state index contributed by atoms with van der Waals surface area (Å²) in [7, 11) is 0. The Balaban J connectivity index is 1.85. The number of H-pyrrole nitrogens is 1. The Hall–Kier alpha value is -2.18. The highest BCUT2D eigenvalue weighted by Crippen LogP contribution is 2.17. The summed E-state index contributed by atoms with van der Waals surface area (Å²) in [5.74, 6) is -0.142. The van der Waals surface area contributed by atoms with Gasteiger partial charge in [0.2, 0.25) is 0 Å². The fourth-order valence-electron chi connectivity index (χ4n) is 1.73. The first-order valence-corrected chi connectivity index (χ1v) is 6.37. The molecule has 0 fully saturated rings. The van der Waals surface area contributed by atoms with E-state index in [0.29, 0.717) is 18.7 Å². The van der Waals surface area contributed by atoms with E-state index in [0.717, 1.165) is 11.1 Å². The van der Waals surface area contributed by atoms with E-state index in [2.05, 4.69) is 15.5 Å². The van der Waals surface area contributed by atoms with Crippen LogP contribution < -0.4 is 5.32 Å². The molecule has 0 bridgehead atoms. The SMILES string of the molecule is O=C(NCCOCCO)c1ccc(-c2cn[nH]c2)cc1. The van der Waals surface area contributed by atoms with Crippen molar-refractivity contribution >= 4 is 5.91 Å². The third-order valence-corrected chi connectivity index (χ3v) is 2.75. The first kappa shape index (κ1) is 14.2. The molecule has 1 heterocycles. The van der Waals surface area contributed by atoms with Gasteiger partial charge in [-0.1, -0.05) is 12.1 Å². The van der Waals surface area contributed by atoms with Crippen LogP contribution in [0.2, 0.25) is 0 Å². The summed E-state index contributed by atoms with van der Waals surface area (Å²) in [4.78, 5) is 11.8. The Morgan fingerprint density at radius 3 is 2.70 bits per heavy atom. The maximum absolute atomic E-state index is 11.8. The van der Waals surface area contributed by atoms with Crippen molar-refractivity contribution in [2.24, 2.45) is 0 Å². The minimum Gasteiger partial charge on any atom is -0.394 e. The molecule has 6 heteroatoms. The van der Waals surface area contributed by atoms with Crippen molar-refractivity contribution in [1.29, 1.82) is 0 Å². The lowest BCUT2D eigenvalue weighted by Crippen LogP contribution is -2.27. The quantitative estimate of drug-likeness (QED) is 0.653. The minimum atomic E-state index is -0.142. The van der Waals surface area contributed by atoms with E-state index in [4.69, 9.17) is 9.84 Å². The number of rotatable bonds is 7. The van der Waals surface area contributed by atoms with Crippen LogP contribution in [-0.4, -0.2) is 47.6 Å². The largest absolute Gasteiger partial charge is 0.394 e. The van der Waals surface area contributed by atoms with Gasteiger partial charge >= 0.3 is 0 Å². The zero-order valence-electron chi connectivity index (χ0n) is 11.0. The molecule has 0 atom stereocenters. The van der Waals surface area contributed by atoms with Crippen LogP contribution in [0.1, 0.15) is 10.4 Å². The normalized spacial score (nSPS) is 10.4. The van der Waals surface area contributed by atoms with Gasteiger partial charge in [-0.2, -0.15) is 5.10 Å². The lowest BCUT2D eigenvalue weighted by molar-refractivity contribution is 0.0838. The number of carbonyl (C=O) groups excluding carboxylic acids is 1. The first-order chi connectivity index (χ1) is 9.81. The molecular formula is C14H17N3O3. The molecule has 6 nitrogen and oxygen atoms in total. The number of aliphatic hydroxyl groups is 1. The molecule has 106 valence electrons. The molecular weight excluding hydrogens is 258 g/mol. The zero-order chi connectivity index (χ0) is 14.2. The highest BCUT2D eigenvalue weighted by molar-refractivity contribution is 5.94. The molecule has 1 aromatic carbocycles. The third kappa shape index (κ3) is 3.91. The summed E-state index contributed by atoms with van der Waals surface area (Å²) in [5.41, 5.74) is 2.58. The van der Waals surface area contributed by atoms with Gasteiger partial charge in [0, 0.05) is 23.9 Å². The van der Waals surface area contributed by atoms with Gasteiger partial charge < -0.3 is 15.2 Å². The van der Waals surface area contributed by atoms with Crippen molar-refractivity contribution in [3.8, 4) is 11.1 Å². The zero-order valence-corrected chi connectivity index (χ0v) is 11.0. The lowest BCUT2D eigenvalue weighted by Gasteiger charge is -2.06. The Labute approximate surface area is 116 Å². The summed E-state index contributed by atoms with van der Waals surface area (Å²) in [6.45, 7) is 1.08. The van der Waals surface area contributed by atoms with Crippen molar-refractivity contribution in [3.05, 3.63) is 42.2 Å². The highest BCUT2D eigenvalue weighted by atomic mass is 16.5. The van der Waals surface area contributed by atoms with Gasteiger partial charge in [0.1, 0.15) is 0 Å². The fraction of sp³-hybridized carbons (Fsp3) is 0.286. The highest BCUT2D eigenvalue weighted by Gasteiger charge is 2.05. The summed E-state index contributed by atoms with van der Waals surface area (Å²) in [6, 6.07) is 7.29. The molecule has 2 aromatic rings. The number of nitrogens with one attached hydrogen (secondary N) is 2. The van der Waals surface area contributed by atoms with Gasteiger partial charge in [0.25, 0.3) is 5.91 Å². The second-order valence-electron chi connectivity index (χ2n) is 4.16. The molecule has 0 aliphatic rings. The van der Waals surface area contributed by atoms with E-state index in [9.17, 15) is 4.79 Å². The molecule has 0 saturated carbocycles. The number of hydrogen-bond acceptors (Lipinski definition) is 4. The molecule has 1 amide bonds. The molecule has 0 spiro atoms. The van der Waals surface area contributed by atoms with E-state index in [1.165, 1.54) is 0 Å². The Kier molecular flexibility index (Phi) is 5.28. The maximum Gasteiger partial charge on any atom is 0.251 e. The van der Waals surface area contributed by atoms with E-state index in [1.807, 2.05) is 12.1 Å². The van der Waals surface area contributed by atoms with Crippen molar-refractivity contribution in [2.45, 2.75) is 0 Å². The third-order valence-electron chi connectivity index (χ3n) is 2.75. The van der Waals surface area contributed by atoms with Crippen LogP contribution in [0.4, 0.5) is 0 Å². The van der Waals surface area contributed by atoms with Gasteiger partial charge in [-0.3, -0.25) is 9.89 Å². The van der Waals surface area contributed by atoms with Gasteiger partial charge in [0.15, 0.2) is 0 Å². The molecule has 0 unspecified atom stereocenters. The number of ether oxygens (including phenoxy) is 1. The number of benzene rings is 1. The van der Waals surface area contributed by atoms with E-state index in [-0.39, 0.29) is 19.1 Å². The summed E-state index contributed by atoms with van der Waals surface area (Å²) >= 11 is 0. The average Bonchev–Trinajstić information content (AvgIpc) is 3.01. The predicted molar refractivity (Wildman–Crippen MR) is 74.3 cm³/mol. The van der Waals surface area contributed by atoms with Gasteiger partial charge in [-0.15, -0.1) is 0 Å². The van der Waals surface area contributed by atoms with Crippen LogP contribution in [0.15, 0.2) is 36.7 Å². The molecule has 0 aliphatic heterocycles. The number of carbonyl (C=O) groups is 1. The van der Waals surface area contributed by atoms with Crippen LogP contribution >= 0.6 is 0 Å². The molecule has 0 aliphatic carbocycles. The second kappa shape index (κ2) is 7.42. The number of aliphatic hydroxyl groups excluding tert-OH is 1. The molecule has 3 N–H and O–H groups in total. The number of amides is 1. The van der Waals surface area contributed by atoms with Crippen molar-refractivity contribution in [1.82, 2.24) is 15.5 Å². The summed E-state index contributed by atoms with van der Waals surface area (Å²) in [6.07, 6.45) is 3.53. The van der Waals surface area contributed by atoms with Gasteiger partial charge in [-0.25, -0.2) is 0 Å². The fourth-order valence-corrected chi connectivity index (χ4v) is 1.73. The molecule has 0 saturated heterocycles. The van der Waals surface area contributed by atoms with Crippen LogP contribution in [0.5, 0.6) is 0 Å². The van der Waals surface area contributed by atoms with E-state index >= 15 is 0 Å². The maximum atomic E-state index is 11.8. The van der Waals surface area contributed by atoms with Gasteiger partial charge in [-0.05, 0) is 17.7 Å². The topological polar surface area (TPSA) is 87.2 Å². The van der Waals surface area contributed by atoms with Crippen molar-refractivity contribution in [2.75, 3.05) is 26.4 Å². The minimum absolute atomic E-state index is 0.0105. The Bertz CT molecular complexity index is 523. The Morgan fingerprint density at radius 2 is 2.05 bits per heavy atom. The number of hydrogen-bond donors (Lipinski definition) is 3. The molecule has 20 heavy (non-hydrogen) atoms. The standard InChI is InChI=1S/C14H17N3O3/c18-6-8-20-7-5-15-14(19)12-3-1-11(2-4-12)13-9-16-17-10-13/h1-4,9-10,18H,5-8H2,(H,15,19)(H,16,17). The van der Waals surface area contributed by atoms with Crippen LogP contribution in [-0.2, 0) is 4.74 Å². The second-order valence-corrected chi connectivity index (χ2v) is 4.16. The molecule has 0 radical (unpaired) electrons. The molecule has 2 rings (SSSR count). The van der Waals surface area contributed by atoms with Crippen LogP contribution in [0.25, 0.3) is 11.1 Å². The lowest BCUT2D eigenvalue weighted by atomic mass is 10.1. The first-order valence-electron chi connectivity index (χ1n) is 6.37. The predicted octanol–water partition coefficient (Wildman–Crippen LogP) is 0.815. The van der Waals surface area contributed by atoms with Crippen molar-refractivity contribution in [3.63, 3.8) is 0 Å². The smallest absolute Gasteiger partial charge is 0.251 e. The van der Waals surface area contributed by atoms with E-state index < -0.39 is 0 Å². The number of nitrogens with zero attached hydrogens (tertiary/aromatic N) is 1. The van der Waals surface area contributed by atoms with Crippen molar-refractivity contribution < 1.29 is 14.6 Å². The Morgan fingerprint density at radius 1 is 1.25 bits per heavy atom. The van der Waals surface area contributed by atoms with Crippen LogP contribution in [0, 0.1) is 0 Å².